The molecule has 1 N–H and O–H groups in total. The zero-order chi connectivity index (χ0) is 16.9. The molecule has 0 aliphatic heterocycles. The van der Waals surface area contributed by atoms with Crippen LogP contribution >= 0.6 is 23.1 Å². The summed E-state index contributed by atoms with van der Waals surface area (Å²) in [5, 5.41) is 16.2. The zero-order valence-electron chi connectivity index (χ0n) is 13.0. The summed E-state index contributed by atoms with van der Waals surface area (Å²) in [5.41, 5.74) is 2.60. The summed E-state index contributed by atoms with van der Waals surface area (Å²) in [4.78, 5) is 0. The molecule has 3 aromatic rings. The highest BCUT2D eigenvalue weighted by Crippen LogP contribution is 2.32. The Kier molecular flexibility index (Phi) is 5.27. The number of nitrogens with zero attached hydrogens (tertiary/aromatic N) is 3. The van der Waals surface area contributed by atoms with Crippen molar-refractivity contribution in [2.24, 2.45) is 0 Å². The van der Waals surface area contributed by atoms with Gasteiger partial charge in [0.2, 0.25) is 5.13 Å². The topological polar surface area (TPSA) is 63.8 Å². The van der Waals surface area contributed by atoms with E-state index >= 15 is 0 Å². The zero-order valence-corrected chi connectivity index (χ0v) is 14.6. The van der Waals surface area contributed by atoms with Gasteiger partial charge in [-0.05, 0) is 31.2 Å². The van der Waals surface area contributed by atoms with Gasteiger partial charge in [0.25, 0.3) is 0 Å². The van der Waals surface area contributed by atoms with E-state index in [-0.39, 0.29) is 5.82 Å². The number of benzene rings is 1. The first-order chi connectivity index (χ1) is 11.7. The van der Waals surface area contributed by atoms with Gasteiger partial charge in [-0.3, -0.25) is 0 Å². The fraction of sp³-hybridized carbons (Fsp3) is 0.188. The third-order valence-electron chi connectivity index (χ3n) is 3.26. The standard InChI is InChI=1S/C16H15FN4OS2/c1-3-8-18-15-19-20-16(24-15)23-9-13-10(2)14(22-21-13)11-4-6-12(17)7-5-11/h3-7H,1,8-9H2,2H3,(H,18,19). The van der Waals surface area contributed by atoms with E-state index in [1.165, 1.54) is 23.5 Å². The molecule has 24 heavy (non-hydrogen) atoms. The molecule has 1 aromatic carbocycles. The Balaban J connectivity index is 1.67. The summed E-state index contributed by atoms with van der Waals surface area (Å²) in [5.74, 6) is 1.02. The predicted molar refractivity (Wildman–Crippen MR) is 94.8 cm³/mol. The lowest BCUT2D eigenvalue weighted by Crippen LogP contribution is -1.96. The van der Waals surface area contributed by atoms with Gasteiger partial charge < -0.3 is 9.84 Å². The molecule has 2 heterocycles. The van der Waals surface area contributed by atoms with Crippen molar-refractivity contribution in [2.45, 2.75) is 17.0 Å². The Morgan fingerprint density at radius 1 is 1.33 bits per heavy atom. The molecule has 0 spiro atoms. The summed E-state index contributed by atoms with van der Waals surface area (Å²) in [6.07, 6.45) is 1.77. The van der Waals surface area contributed by atoms with Gasteiger partial charge in [-0.25, -0.2) is 4.39 Å². The van der Waals surface area contributed by atoms with Crippen LogP contribution in [0.4, 0.5) is 9.52 Å². The van der Waals surface area contributed by atoms with Gasteiger partial charge in [0.1, 0.15) is 5.82 Å². The van der Waals surface area contributed by atoms with Crippen molar-refractivity contribution in [3.63, 3.8) is 0 Å². The van der Waals surface area contributed by atoms with Crippen LogP contribution in [0.3, 0.4) is 0 Å². The van der Waals surface area contributed by atoms with Crippen molar-refractivity contribution in [1.82, 2.24) is 15.4 Å². The van der Waals surface area contributed by atoms with Crippen molar-refractivity contribution in [3.05, 3.63) is 54.0 Å². The van der Waals surface area contributed by atoms with Gasteiger partial charge in [-0.2, -0.15) is 0 Å². The van der Waals surface area contributed by atoms with Gasteiger partial charge in [0.15, 0.2) is 10.1 Å². The number of anilines is 1. The molecule has 0 fully saturated rings. The lowest BCUT2D eigenvalue weighted by molar-refractivity contribution is 0.426. The molecule has 0 saturated heterocycles. The molecule has 0 bridgehead atoms. The van der Waals surface area contributed by atoms with Crippen LogP contribution in [-0.2, 0) is 5.75 Å². The van der Waals surface area contributed by atoms with Crippen molar-refractivity contribution in [3.8, 4) is 11.3 Å². The molecule has 124 valence electrons. The summed E-state index contributed by atoms with van der Waals surface area (Å²) >= 11 is 3.03. The quantitative estimate of drug-likeness (QED) is 0.492. The molecule has 5 nitrogen and oxygen atoms in total. The van der Waals surface area contributed by atoms with Crippen LogP contribution in [0.2, 0.25) is 0 Å². The number of thioether (sulfide) groups is 1. The van der Waals surface area contributed by atoms with Crippen molar-refractivity contribution < 1.29 is 8.91 Å². The van der Waals surface area contributed by atoms with E-state index in [1.54, 1.807) is 30.0 Å². The Hall–Kier alpha value is -2.19. The third-order valence-corrected chi connectivity index (χ3v) is 5.29. The second-order valence-electron chi connectivity index (χ2n) is 4.92. The summed E-state index contributed by atoms with van der Waals surface area (Å²) in [6.45, 7) is 6.25. The van der Waals surface area contributed by atoms with Crippen LogP contribution in [0.15, 0.2) is 45.8 Å². The molecular weight excluding hydrogens is 347 g/mol. The van der Waals surface area contributed by atoms with Gasteiger partial charge in [0, 0.05) is 23.4 Å². The second-order valence-corrected chi connectivity index (χ2v) is 7.12. The average Bonchev–Trinajstić information content (AvgIpc) is 3.19. The minimum atomic E-state index is -0.274. The van der Waals surface area contributed by atoms with Gasteiger partial charge in [-0.15, -0.1) is 16.8 Å². The van der Waals surface area contributed by atoms with E-state index in [0.717, 1.165) is 26.3 Å². The smallest absolute Gasteiger partial charge is 0.206 e. The first kappa shape index (κ1) is 16.7. The van der Waals surface area contributed by atoms with Crippen LogP contribution in [-0.4, -0.2) is 21.9 Å². The van der Waals surface area contributed by atoms with Crippen LogP contribution in [0.1, 0.15) is 11.3 Å². The Morgan fingerprint density at radius 2 is 2.12 bits per heavy atom. The molecule has 0 amide bonds. The number of nitrogens with one attached hydrogen (secondary N) is 1. The molecule has 0 aliphatic carbocycles. The fourth-order valence-corrected chi connectivity index (χ4v) is 3.76. The maximum atomic E-state index is 13.0. The second kappa shape index (κ2) is 7.59. The molecule has 0 unspecified atom stereocenters. The number of hydrogen-bond donors (Lipinski definition) is 1. The molecule has 0 radical (unpaired) electrons. The normalized spacial score (nSPS) is 10.8. The highest BCUT2D eigenvalue weighted by molar-refractivity contribution is 8.00. The SMILES string of the molecule is C=CCNc1nnc(SCc2noc(-c3ccc(F)cc3)c2C)s1. The first-order valence-electron chi connectivity index (χ1n) is 7.19. The summed E-state index contributed by atoms with van der Waals surface area (Å²) < 4.78 is 19.3. The summed E-state index contributed by atoms with van der Waals surface area (Å²) in [7, 11) is 0. The van der Waals surface area contributed by atoms with E-state index in [2.05, 4.69) is 27.2 Å². The molecule has 2 aromatic heterocycles. The predicted octanol–water partition coefficient (Wildman–Crippen LogP) is 4.53. The van der Waals surface area contributed by atoms with Gasteiger partial charge in [0.05, 0.1) is 5.69 Å². The van der Waals surface area contributed by atoms with Crippen LogP contribution < -0.4 is 5.32 Å². The average molecular weight is 362 g/mol. The lowest BCUT2D eigenvalue weighted by atomic mass is 10.1. The maximum Gasteiger partial charge on any atom is 0.206 e. The maximum absolute atomic E-state index is 13.0. The number of hydrogen-bond acceptors (Lipinski definition) is 7. The minimum Gasteiger partial charge on any atom is -0.357 e. The number of rotatable bonds is 7. The van der Waals surface area contributed by atoms with E-state index in [4.69, 9.17) is 4.52 Å². The molecule has 0 aliphatic rings. The monoisotopic (exact) mass is 362 g/mol. The molecule has 3 rings (SSSR count). The van der Waals surface area contributed by atoms with Crippen molar-refractivity contribution in [2.75, 3.05) is 11.9 Å². The van der Waals surface area contributed by atoms with Crippen LogP contribution in [0.5, 0.6) is 0 Å². The number of aromatic nitrogens is 3. The highest BCUT2D eigenvalue weighted by Gasteiger charge is 2.15. The Labute approximate surface area is 147 Å². The largest absolute Gasteiger partial charge is 0.357 e. The third kappa shape index (κ3) is 3.82. The van der Waals surface area contributed by atoms with E-state index in [0.29, 0.717) is 18.1 Å². The van der Waals surface area contributed by atoms with Crippen molar-refractivity contribution in [1.29, 1.82) is 0 Å². The molecule has 8 heteroatoms. The number of halogens is 1. The summed E-state index contributed by atoms with van der Waals surface area (Å²) in [6, 6.07) is 6.18. The lowest BCUT2D eigenvalue weighted by Gasteiger charge is -1.98. The Bertz CT molecular complexity index is 829. The van der Waals surface area contributed by atoms with E-state index in [9.17, 15) is 4.39 Å². The molecule has 0 saturated carbocycles. The highest BCUT2D eigenvalue weighted by atomic mass is 32.2. The van der Waals surface area contributed by atoms with Gasteiger partial charge in [-0.1, -0.05) is 34.3 Å². The minimum absolute atomic E-state index is 0.274. The fourth-order valence-electron chi connectivity index (χ4n) is 2.00. The van der Waals surface area contributed by atoms with Crippen LogP contribution in [0.25, 0.3) is 11.3 Å². The first-order valence-corrected chi connectivity index (χ1v) is 8.99. The Morgan fingerprint density at radius 3 is 2.88 bits per heavy atom. The van der Waals surface area contributed by atoms with E-state index < -0.39 is 0 Å². The molecular formula is C16H15FN4OS2. The van der Waals surface area contributed by atoms with Crippen molar-refractivity contribution >= 4 is 28.2 Å². The molecule has 0 atom stereocenters. The van der Waals surface area contributed by atoms with Gasteiger partial charge >= 0.3 is 0 Å². The van der Waals surface area contributed by atoms with E-state index in [1.807, 2.05) is 6.92 Å². The van der Waals surface area contributed by atoms with Crippen LogP contribution in [0, 0.1) is 12.7 Å².